The summed E-state index contributed by atoms with van der Waals surface area (Å²) in [4.78, 5) is 17.9. The second-order valence-electron chi connectivity index (χ2n) is 3.80. The Bertz CT molecular complexity index is 380. The molecule has 0 N–H and O–H groups in total. The fraction of sp³-hybridized carbons (Fsp3) is 0.700. The van der Waals surface area contributed by atoms with Crippen molar-refractivity contribution in [2.24, 2.45) is 5.92 Å². The highest BCUT2D eigenvalue weighted by Crippen LogP contribution is 2.25. The summed E-state index contributed by atoms with van der Waals surface area (Å²) in [7, 11) is 1.44. The summed E-state index contributed by atoms with van der Waals surface area (Å²) in [5.74, 6) is 0.739. The third kappa shape index (κ3) is 2.16. The molecule has 88 valence electrons. The molecule has 1 aromatic rings. The predicted octanol–water partition coefficient (Wildman–Crippen LogP) is 1.10. The van der Waals surface area contributed by atoms with Crippen LogP contribution in [0.25, 0.3) is 0 Å². The first-order valence-electron chi connectivity index (χ1n) is 5.40. The first-order valence-corrected chi connectivity index (χ1v) is 6.17. The third-order valence-electron chi connectivity index (χ3n) is 2.77. The van der Waals surface area contributed by atoms with Crippen LogP contribution in [-0.2, 0) is 16.0 Å². The Balaban J connectivity index is 2.00. The molecule has 1 unspecified atom stereocenters. The topological polar surface area (TPSA) is 55.3 Å². The molecular formula is C10H15N3O2S. The predicted molar refractivity (Wildman–Crippen MR) is 61.6 cm³/mol. The number of aryl methyl sites for hydroxylation is 1. The summed E-state index contributed by atoms with van der Waals surface area (Å²) in [6, 6.07) is 0. The van der Waals surface area contributed by atoms with E-state index in [-0.39, 0.29) is 11.9 Å². The maximum atomic E-state index is 11.4. The van der Waals surface area contributed by atoms with Crippen molar-refractivity contribution >= 4 is 22.6 Å². The SMILES string of the molecule is CCc1nsc(N2CCC(C(=O)OC)C2)n1. The van der Waals surface area contributed by atoms with Gasteiger partial charge in [0.1, 0.15) is 5.82 Å². The van der Waals surface area contributed by atoms with E-state index in [2.05, 4.69) is 14.3 Å². The Morgan fingerprint density at radius 3 is 3.12 bits per heavy atom. The summed E-state index contributed by atoms with van der Waals surface area (Å²) in [5, 5.41) is 0.920. The molecule has 0 amide bonds. The van der Waals surface area contributed by atoms with Crippen LogP contribution in [-0.4, -0.2) is 35.5 Å². The Kier molecular flexibility index (Phi) is 3.38. The molecule has 0 aliphatic carbocycles. The molecule has 16 heavy (non-hydrogen) atoms. The molecular weight excluding hydrogens is 226 g/mol. The van der Waals surface area contributed by atoms with Crippen LogP contribution in [0.4, 0.5) is 5.13 Å². The molecule has 1 fully saturated rings. The van der Waals surface area contributed by atoms with Crippen LogP contribution in [0.2, 0.25) is 0 Å². The van der Waals surface area contributed by atoms with Gasteiger partial charge in [-0.15, -0.1) is 0 Å². The van der Waals surface area contributed by atoms with Gasteiger partial charge in [0, 0.05) is 31.0 Å². The zero-order valence-corrected chi connectivity index (χ0v) is 10.3. The van der Waals surface area contributed by atoms with Crippen molar-refractivity contribution in [1.82, 2.24) is 9.36 Å². The summed E-state index contributed by atoms with van der Waals surface area (Å²) >= 11 is 1.41. The molecule has 0 spiro atoms. The monoisotopic (exact) mass is 241 g/mol. The molecule has 0 aromatic carbocycles. The van der Waals surface area contributed by atoms with E-state index in [1.54, 1.807) is 0 Å². The molecule has 1 saturated heterocycles. The lowest BCUT2D eigenvalue weighted by atomic mass is 10.1. The first-order chi connectivity index (χ1) is 7.74. The van der Waals surface area contributed by atoms with Crippen molar-refractivity contribution in [3.8, 4) is 0 Å². The van der Waals surface area contributed by atoms with Gasteiger partial charge >= 0.3 is 5.97 Å². The van der Waals surface area contributed by atoms with E-state index in [1.807, 2.05) is 6.92 Å². The Labute approximate surface area is 98.6 Å². The summed E-state index contributed by atoms with van der Waals surface area (Å²) < 4.78 is 8.99. The van der Waals surface area contributed by atoms with Crippen LogP contribution < -0.4 is 4.90 Å². The number of carbonyl (C=O) groups excluding carboxylic acids is 1. The molecule has 1 aliphatic heterocycles. The molecule has 1 atom stereocenters. The molecule has 0 saturated carbocycles. The van der Waals surface area contributed by atoms with Crippen LogP contribution in [0.1, 0.15) is 19.2 Å². The number of ether oxygens (including phenoxy) is 1. The average molecular weight is 241 g/mol. The van der Waals surface area contributed by atoms with Gasteiger partial charge in [-0.2, -0.15) is 4.37 Å². The molecule has 2 heterocycles. The number of carbonyl (C=O) groups is 1. The van der Waals surface area contributed by atoms with Gasteiger partial charge in [0.15, 0.2) is 0 Å². The smallest absolute Gasteiger partial charge is 0.310 e. The molecule has 1 aromatic heterocycles. The van der Waals surface area contributed by atoms with Crippen molar-refractivity contribution in [1.29, 1.82) is 0 Å². The Hall–Kier alpha value is -1.17. The maximum absolute atomic E-state index is 11.4. The number of anilines is 1. The molecule has 6 heteroatoms. The maximum Gasteiger partial charge on any atom is 0.310 e. The lowest BCUT2D eigenvalue weighted by Gasteiger charge is -2.13. The summed E-state index contributed by atoms with van der Waals surface area (Å²) in [5.41, 5.74) is 0. The highest BCUT2D eigenvalue weighted by Gasteiger charge is 2.30. The van der Waals surface area contributed by atoms with Crippen molar-refractivity contribution in [3.63, 3.8) is 0 Å². The van der Waals surface area contributed by atoms with Crippen LogP contribution in [0.15, 0.2) is 0 Å². The lowest BCUT2D eigenvalue weighted by molar-refractivity contribution is -0.144. The number of aromatic nitrogens is 2. The second kappa shape index (κ2) is 4.78. The normalized spacial score (nSPS) is 20.1. The van der Waals surface area contributed by atoms with Crippen molar-refractivity contribution in [2.75, 3.05) is 25.1 Å². The van der Waals surface area contributed by atoms with Crippen molar-refractivity contribution in [2.45, 2.75) is 19.8 Å². The van der Waals surface area contributed by atoms with Gasteiger partial charge in [-0.1, -0.05) is 6.92 Å². The largest absolute Gasteiger partial charge is 0.469 e. The van der Waals surface area contributed by atoms with Gasteiger partial charge in [0.05, 0.1) is 13.0 Å². The number of esters is 1. The van der Waals surface area contributed by atoms with Gasteiger partial charge < -0.3 is 9.64 Å². The molecule has 0 radical (unpaired) electrons. The van der Waals surface area contributed by atoms with E-state index in [0.29, 0.717) is 6.54 Å². The minimum atomic E-state index is -0.122. The molecule has 2 rings (SSSR count). The second-order valence-corrected chi connectivity index (χ2v) is 4.53. The summed E-state index contributed by atoms with van der Waals surface area (Å²) in [6.45, 7) is 3.59. The van der Waals surface area contributed by atoms with Crippen molar-refractivity contribution in [3.05, 3.63) is 5.82 Å². The number of nitrogens with zero attached hydrogens (tertiary/aromatic N) is 3. The zero-order chi connectivity index (χ0) is 11.5. The van der Waals surface area contributed by atoms with Gasteiger partial charge in [-0.25, -0.2) is 4.98 Å². The minimum Gasteiger partial charge on any atom is -0.469 e. The van der Waals surface area contributed by atoms with Gasteiger partial charge in [-0.05, 0) is 6.42 Å². The van der Waals surface area contributed by atoms with E-state index in [0.717, 1.165) is 30.3 Å². The number of hydrogen-bond donors (Lipinski definition) is 0. The van der Waals surface area contributed by atoms with Crippen molar-refractivity contribution < 1.29 is 9.53 Å². The van der Waals surface area contributed by atoms with E-state index in [9.17, 15) is 4.79 Å². The standard InChI is InChI=1S/C10H15N3O2S/c1-3-8-11-10(16-12-8)13-5-4-7(6-13)9(14)15-2/h7H,3-6H2,1-2H3. The summed E-state index contributed by atoms with van der Waals surface area (Å²) in [6.07, 6.45) is 1.69. The zero-order valence-electron chi connectivity index (χ0n) is 9.47. The van der Waals surface area contributed by atoms with Crippen LogP contribution in [0.5, 0.6) is 0 Å². The number of hydrogen-bond acceptors (Lipinski definition) is 6. The lowest BCUT2D eigenvalue weighted by Crippen LogP contribution is -2.23. The fourth-order valence-corrected chi connectivity index (χ4v) is 2.59. The Morgan fingerprint density at radius 1 is 1.69 bits per heavy atom. The van der Waals surface area contributed by atoms with E-state index < -0.39 is 0 Å². The molecule has 1 aliphatic rings. The molecule has 0 bridgehead atoms. The van der Waals surface area contributed by atoms with E-state index >= 15 is 0 Å². The van der Waals surface area contributed by atoms with Gasteiger partial charge in [0.2, 0.25) is 5.13 Å². The average Bonchev–Trinajstić information content (AvgIpc) is 2.95. The van der Waals surface area contributed by atoms with Crippen LogP contribution >= 0.6 is 11.5 Å². The van der Waals surface area contributed by atoms with E-state index in [1.165, 1.54) is 18.6 Å². The molecule has 5 nitrogen and oxygen atoms in total. The first kappa shape index (κ1) is 11.3. The third-order valence-corrected chi connectivity index (χ3v) is 3.58. The quantitative estimate of drug-likeness (QED) is 0.742. The fourth-order valence-electron chi connectivity index (χ4n) is 1.81. The Morgan fingerprint density at radius 2 is 2.50 bits per heavy atom. The minimum absolute atomic E-state index is 0.0148. The highest BCUT2D eigenvalue weighted by atomic mass is 32.1. The van der Waals surface area contributed by atoms with Crippen LogP contribution in [0, 0.1) is 5.92 Å². The highest BCUT2D eigenvalue weighted by molar-refractivity contribution is 7.09. The van der Waals surface area contributed by atoms with E-state index in [4.69, 9.17) is 4.74 Å². The number of methoxy groups -OCH3 is 1. The van der Waals surface area contributed by atoms with Gasteiger partial charge in [-0.3, -0.25) is 4.79 Å². The van der Waals surface area contributed by atoms with Gasteiger partial charge in [0.25, 0.3) is 0 Å². The number of rotatable bonds is 3. The van der Waals surface area contributed by atoms with Crippen LogP contribution in [0.3, 0.4) is 0 Å².